The molecule has 1 aliphatic carbocycles. The first-order chi connectivity index (χ1) is 15.3. The zero-order chi connectivity index (χ0) is 22.6. The number of primary amides is 1. The molecule has 5 N–H and O–H groups in total. The standard InChI is InChI=1S/C22H22N6O4/c1-28-7-5-22(31,21(28)30)17-10-14(27-32-17)12-4-6-25-15(8-12)16-9-13(11-2-3-11)18(23)19(26-16)20(24)29/h4,6,8-11,31H,2-3,5,7,23H2,1H3,(H2,24,29)/t22-/m1/s1. The molecule has 3 aromatic rings. The topological polar surface area (TPSA) is 161 Å². The van der Waals surface area contributed by atoms with Gasteiger partial charge in [0.15, 0.2) is 11.5 Å². The molecule has 0 aromatic carbocycles. The molecule has 0 radical (unpaired) electrons. The minimum Gasteiger partial charge on any atom is -0.397 e. The molecule has 2 aliphatic rings. The second-order valence-corrected chi connectivity index (χ2v) is 8.34. The SMILES string of the molecule is CN1CC[C@@](O)(c2cc(-c3ccnc(-c4cc(C5CC5)c(N)c(C(N)=O)n4)c3)no2)C1=O. The molecule has 0 unspecified atom stereocenters. The van der Waals surface area contributed by atoms with Crippen molar-refractivity contribution in [3.8, 4) is 22.6 Å². The molecule has 1 saturated heterocycles. The number of hydrogen-bond acceptors (Lipinski definition) is 8. The Kier molecular flexibility index (Phi) is 4.48. The van der Waals surface area contributed by atoms with Gasteiger partial charge in [0.25, 0.3) is 11.8 Å². The Morgan fingerprint density at radius 2 is 2.03 bits per heavy atom. The molecule has 10 heteroatoms. The molecule has 32 heavy (non-hydrogen) atoms. The molecule has 0 bridgehead atoms. The van der Waals surface area contributed by atoms with Crippen molar-refractivity contribution in [2.24, 2.45) is 5.73 Å². The molecule has 1 atom stereocenters. The lowest BCUT2D eigenvalue weighted by molar-refractivity contribution is -0.144. The van der Waals surface area contributed by atoms with Gasteiger partial charge in [-0.15, -0.1) is 0 Å². The van der Waals surface area contributed by atoms with Crippen LogP contribution < -0.4 is 11.5 Å². The highest BCUT2D eigenvalue weighted by molar-refractivity contribution is 5.97. The molecule has 0 spiro atoms. The van der Waals surface area contributed by atoms with E-state index in [1.807, 2.05) is 6.07 Å². The number of nitrogens with zero attached hydrogens (tertiary/aromatic N) is 4. The normalized spacial score (nSPS) is 20.7. The molecule has 2 amide bonds. The summed E-state index contributed by atoms with van der Waals surface area (Å²) in [4.78, 5) is 34.4. The molecule has 1 aliphatic heterocycles. The van der Waals surface area contributed by atoms with Crippen LogP contribution in [-0.2, 0) is 10.4 Å². The van der Waals surface area contributed by atoms with E-state index in [2.05, 4.69) is 15.1 Å². The highest BCUT2D eigenvalue weighted by Gasteiger charge is 2.48. The molecular weight excluding hydrogens is 412 g/mol. The first kappa shape index (κ1) is 20.1. The average molecular weight is 434 g/mol. The van der Waals surface area contributed by atoms with Crippen LogP contribution in [0.25, 0.3) is 22.6 Å². The number of nitrogens with two attached hydrogens (primary N) is 2. The number of carbonyl (C=O) groups is 2. The summed E-state index contributed by atoms with van der Waals surface area (Å²) in [5, 5.41) is 14.8. The number of amides is 2. The molecular formula is C22H22N6O4. The van der Waals surface area contributed by atoms with Crippen molar-refractivity contribution < 1.29 is 19.2 Å². The Morgan fingerprint density at radius 1 is 1.25 bits per heavy atom. The van der Waals surface area contributed by atoms with Crippen molar-refractivity contribution in [3.63, 3.8) is 0 Å². The van der Waals surface area contributed by atoms with Gasteiger partial charge in [0.2, 0.25) is 5.60 Å². The molecule has 164 valence electrons. The van der Waals surface area contributed by atoms with Gasteiger partial charge in [-0.25, -0.2) is 4.98 Å². The number of nitrogen functional groups attached to an aromatic ring is 1. The van der Waals surface area contributed by atoms with E-state index in [0.29, 0.717) is 40.8 Å². The smallest absolute Gasteiger partial charge is 0.269 e. The van der Waals surface area contributed by atoms with E-state index in [1.54, 1.807) is 31.4 Å². The Morgan fingerprint density at radius 3 is 2.69 bits per heavy atom. The van der Waals surface area contributed by atoms with Crippen LogP contribution in [0.2, 0.25) is 0 Å². The van der Waals surface area contributed by atoms with E-state index in [0.717, 1.165) is 18.4 Å². The van der Waals surface area contributed by atoms with Crippen molar-refractivity contribution in [1.29, 1.82) is 0 Å². The molecule has 10 nitrogen and oxygen atoms in total. The number of aromatic nitrogens is 3. The lowest BCUT2D eigenvalue weighted by atomic mass is 9.98. The minimum absolute atomic E-state index is 0.0337. The van der Waals surface area contributed by atoms with Gasteiger partial charge in [-0.2, -0.15) is 0 Å². The summed E-state index contributed by atoms with van der Waals surface area (Å²) in [5.74, 6) is -0.729. The summed E-state index contributed by atoms with van der Waals surface area (Å²) in [5.41, 5.74) is 13.2. The second-order valence-electron chi connectivity index (χ2n) is 8.34. The van der Waals surface area contributed by atoms with Crippen molar-refractivity contribution in [2.75, 3.05) is 19.3 Å². The first-order valence-corrected chi connectivity index (χ1v) is 10.3. The third kappa shape index (κ3) is 3.19. The van der Waals surface area contributed by atoms with Gasteiger partial charge in [-0.05, 0) is 42.5 Å². The van der Waals surface area contributed by atoms with E-state index in [9.17, 15) is 14.7 Å². The molecule has 5 rings (SSSR count). The molecule has 1 saturated carbocycles. The number of rotatable bonds is 5. The predicted molar refractivity (Wildman–Crippen MR) is 114 cm³/mol. The van der Waals surface area contributed by atoms with E-state index < -0.39 is 17.4 Å². The number of likely N-dealkylation sites (tertiary alicyclic amines) is 1. The summed E-state index contributed by atoms with van der Waals surface area (Å²) in [6.07, 6.45) is 3.81. The number of carbonyl (C=O) groups excluding carboxylic acids is 2. The predicted octanol–water partition coefficient (Wildman–Crippen LogP) is 1.41. The number of hydrogen-bond donors (Lipinski definition) is 3. The van der Waals surface area contributed by atoms with E-state index >= 15 is 0 Å². The van der Waals surface area contributed by atoms with Crippen LogP contribution in [-0.4, -0.2) is 50.5 Å². The van der Waals surface area contributed by atoms with Crippen LogP contribution in [0.1, 0.15) is 47.0 Å². The van der Waals surface area contributed by atoms with Crippen LogP contribution in [0, 0.1) is 0 Å². The Bertz CT molecular complexity index is 1250. The maximum Gasteiger partial charge on any atom is 0.269 e. The Hall–Kier alpha value is -3.79. The lowest BCUT2D eigenvalue weighted by Crippen LogP contribution is -2.35. The maximum absolute atomic E-state index is 12.3. The summed E-state index contributed by atoms with van der Waals surface area (Å²) >= 11 is 0. The largest absolute Gasteiger partial charge is 0.397 e. The average Bonchev–Trinajstić information content (AvgIpc) is 3.44. The highest BCUT2D eigenvalue weighted by Crippen LogP contribution is 2.44. The number of pyridine rings is 2. The third-order valence-corrected chi connectivity index (χ3v) is 6.09. The van der Waals surface area contributed by atoms with Crippen LogP contribution in [0.3, 0.4) is 0 Å². The third-order valence-electron chi connectivity index (χ3n) is 6.09. The van der Waals surface area contributed by atoms with Gasteiger partial charge >= 0.3 is 0 Å². The van der Waals surface area contributed by atoms with E-state index in [1.165, 1.54) is 4.90 Å². The van der Waals surface area contributed by atoms with Gasteiger partial charge in [0.1, 0.15) is 5.69 Å². The number of anilines is 1. The number of likely N-dealkylation sites (N-methyl/N-ethyl adjacent to an activating group) is 1. The minimum atomic E-state index is -1.72. The van der Waals surface area contributed by atoms with Gasteiger partial charge < -0.3 is 26.0 Å². The Balaban J connectivity index is 1.52. The van der Waals surface area contributed by atoms with Crippen molar-refractivity contribution in [3.05, 3.63) is 47.5 Å². The van der Waals surface area contributed by atoms with Crippen molar-refractivity contribution >= 4 is 17.5 Å². The van der Waals surface area contributed by atoms with Gasteiger partial charge in [0.05, 0.1) is 17.1 Å². The fourth-order valence-corrected chi connectivity index (χ4v) is 4.04. The van der Waals surface area contributed by atoms with Gasteiger partial charge in [-0.3, -0.25) is 14.6 Å². The van der Waals surface area contributed by atoms with Crippen molar-refractivity contribution in [1.82, 2.24) is 20.0 Å². The zero-order valence-corrected chi connectivity index (χ0v) is 17.4. The maximum atomic E-state index is 12.3. The Labute approximate surface area is 183 Å². The summed E-state index contributed by atoms with van der Waals surface area (Å²) in [7, 11) is 1.63. The monoisotopic (exact) mass is 434 g/mol. The van der Waals surface area contributed by atoms with Gasteiger partial charge in [-0.1, -0.05) is 5.16 Å². The lowest BCUT2D eigenvalue weighted by Gasteiger charge is -2.16. The summed E-state index contributed by atoms with van der Waals surface area (Å²) < 4.78 is 5.33. The fourth-order valence-electron chi connectivity index (χ4n) is 4.04. The molecule has 4 heterocycles. The van der Waals surface area contributed by atoms with Crippen LogP contribution in [0.4, 0.5) is 5.69 Å². The molecule has 2 fully saturated rings. The van der Waals surface area contributed by atoms with Gasteiger partial charge in [0, 0.05) is 37.8 Å². The highest BCUT2D eigenvalue weighted by atomic mass is 16.5. The van der Waals surface area contributed by atoms with Crippen LogP contribution in [0.15, 0.2) is 35.0 Å². The second kappa shape index (κ2) is 7.13. The summed E-state index contributed by atoms with van der Waals surface area (Å²) in [6, 6.07) is 6.87. The van der Waals surface area contributed by atoms with E-state index in [4.69, 9.17) is 16.0 Å². The zero-order valence-electron chi connectivity index (χ0n) is 17.4. The van der Waals surface area contributed by atoms with E-state index in [-0.39, 0.29) is 17.9 Å². The first-order valence-electron chi connectivity index (χ1n) is 10.3. The van der Waals surface area contributed by atoms with Crippen LogP contribution in [0.5, 0.6) is 0 Å². The van der Waals surface area contributed by atoms with Crippen molar-refractivity contribution in [2.45, 2.75) is 30.8 Å². The van der Waals surface area contributed by atoms with Crippen LogP contribution >= 0.6 is 0 Å². The fraction of sp³-hybridized carbons (Fsp3) is 0.318. The quantitative estimate of drug-likeness (QED) is 0.543. The summed E-state index contributed by atoms with van der Waals surface area (Å²) in [6.45, 7) is 0.430. The number of aliphatic hydroxyl groups is 1. The molecule has 3 aromatic heterocycles.